The summed E-state index contributed by atoms with van der Waals surface area (Å²) in [7, 11) is 2.06. The van der Waals surface area contributed by atoms with Crippen molar-refractivity contribution in [2.24, 2.45) is 0 Å². The molecule has 0 atom stereocenters. The number of carbonyl (C=O) groups is 1. The van der Waals surface area contributed by atoms with E-state index in [9.17, 15) is 9.18 Å². The minimum Gasteiger partial charge on any atom is -0.335 e. The Kier molecular flexibility index (Phi) is 3.34. The molecule has 0 saturated carbocycles. The number of carbonyl (C=O) groups excluding carboxylic acids is 1. The average Bonchev–Trinajstić information content (AvgIpc) is 2.33. The molecule has 98 valence electrons. The average molecular weight is 251 g/mol. The van der Waals surface area contributed by atoms with E-state index in [0.717, 1.165) is 6.54 Å². The van der Waals surface area contributed by atoms with Gasteiger partial charge < -0.3 is 4.90 Å². The third kappa shape index (κ3) is 2.51. The van der Waals surface area contributed by atoms with Crippen LogP contribution in [0, 0.1) is 5.95 Å². The zero-order valence-electron chi connectivity index (χ0n) is 11.0. The minimum absolute atomic E-state index is 0.0403. The van der Waals surface area contributed by atoms with Gasteiger partial charge in [0.05, 0.1) is 5.56 Å². The van der Waals surface area contributed by atoms with Gasteiger partial charge in [-0.1, -0.05) is 0 Å². The van der Waals surface area contributed by atoms with Crippen LogP contribution in [-0.2, 0) is 0 Å². The molecule has 1 fully saturated rings. The van der Waals surface area contributed by atoms with E-state index in [0.29, 0.717) is 18.7 Å². The smallest absolute Gasteiger partial charge is 0.255 e. The van der Waals surface area contributed by atoms with Crippen LogP contribution < -0.4 is 0 Å². The summed E-state index contributed by atoms with van der Waals surface area (Å²) in [6.45, 7) is 6.41. The quantitative estimate of drug-likeness (QED) is 0.708. The van der Waals surface area contributed by atoms with Crippen molar-refractivity contribution in [2.75, 3.05) is 26.7 Å². The summed E-state index contributed by atoms with van der Waals surface area (Å²) < 4.78 is 12.7. The number of rotatable bonds is 1. The molecule has 0 spiro atoms. The number of halogens is 1. The van der Waals surface area contributed by atoms with Crippen molar-refractivity contribution in [3.05, 3.63) is 29.8 Å². The topological polar surface area (TPSA) is 36.4 Å². The molecule has 0 N–H and O–H groups in total. The molecule has 0 unspecified atom stereocenters. The fraction of sp³-hybridized carbons (Fsp3) is 0.538. The van der Waals surface area contributed by atoms with Gasteiger partial charge in [-0.05, 0) is 33.0 Å². The van der Waals surface area contributed by atoms with Crippen molar-refractivity contribution in [3.8, 4) is 0 Å². The summed E-state index contributed by atoms with van der Waals surface area (Å²) in [5, 5.41) is 0. The van der Waals surface area contributed by atoms with Crippen LogP contribution in [0.25, 0.3) is 0 Å². The lowest BCUT2D eigenvalue weighted by molar-refractivity contribution is 0.0311. The van der Waals surface area contributed by atoms with Crippen LogP contribution in [-0.4, -0.2) is 52.9 Å². The number of amides is 1. The van der Waals surface area contributed by atoms with Gasteiger partial charge >= 0.3 is 0 Å². The Morgan fingerprint density at radius 1 is 1.39 bits per heavy atom. The molecule has 1 aromatic rings. The first-order valence-electron chi connectivity index (χ1n) is 6.02. The third-order valence-corrected chi connectivity index (χ3v) is 3.58. The first kappa shape index (κ1) is 13.0. The van der Waals surface area contributed by atoms with E-state index in [1.54, 1.807) is 4.90 Å². The Bertz CT molecular complexity index is 444. The SMILES string of the molecule is CN1CCN(C(=O)c2ccc(F)nc2)CC1(C)C. The number of likely N-dealkylation sites (N-methyl/N-ethyl adjacent to an activating group) is 1. The molecule has 0 aromatic carbocycles. The number of hydrogen-bond donors (Lipinski definition) is 0. The van der Waals surface area contributed by atoms with Gasteiger partial charge in [0.1, 0.15) is 0 Å². The summed E-state index contributed by atoms with van der Waals surface area (Å²) in [4.78, 5) is 19.8. The Hall–Kier alpha value is -1.49. The molecule has 2 heterocycles. The highest BCUT2D eigenvalue weighted by molar-refractivity contribution is 5.94. The lowest BCUT2D eigenvalue weighted by Gasteiger charge is -2.45. The summed E-state index contributed by atoms with van der Waals surface area (Å²) >= 11 is 0. The lowest BCUT2D eigenvalue weighted by Crippen LogP contribution is -2.58. The third-order valence-electron chi connectivity index (χ3n) is 3.58. The van der Waals surface area contributed by atoms with E-state index in [-0.39, 0.29) is 11.4 Å². The van der Waals surface area contributed by atoms with Crippen molar-refractivity contribution in [3.63, 3.8) is 0 Å². The number of pyridine rings is 1. The minimum atomic E-state index is -0.565. The largest absolute Gasteiger partial charge is 0.335 e. The van der Waals surface area contributed by atoms with Gasteiger partial charge in [-0.3, -0.25) is 9.69 Å². The molecule has 1 aromatic heterocycles. The Balaban J connectivity index is 2.13. The molecule has 1 saturated heterocycles. The first-order chi connectivity index (χ1) is 8.40. The summed E-state index contributed by atoms with van der Waals surface area (Å²) in [6, 6.07) is 2.70. The lowest BCUT2D eigenvalue weighted by atomic mass is 9.99. The standard InChI is InChI=1S/C13H18FN3O/c1-13(2)9-17(7-6-16(13)3)12(18)10-4-5-11(14)15-8-10/h4-5,8H,6-7,9H2,1-3H3. The highest BCUT2D eigenvalue weighted by Crippen LogP contribution is 2.20. The van der Waals surface area contributed by atoms with Gasteiger partial charge in [0.25, 0.3) is 5.91 Å². The van der Waals surface area contributed by atoms with E-state index in [4.69, 9.17) is 0 Å². The van der Waals surface area contributed by atoms with Gasteiger partial charge in [0, 0.05) is 31.4 Å². The van der Waals surface area contributed by atoms with E-state index in [2.05, 4.69) is 30.8 Å². The second kappa shape index (κ2) is 4.65. The fourth-order valence-electron chi connectivity index (χ4n) is 2.10. The van der Waals surface area contributed by atoms with E-state index in [1.165, 1.54) is 18.3 Å². The normalized spacial score (nSPS) is 19.9. The van der Waals surface area contributed by atoms with Gasteiger partial charge in [0.2, 0.25) is 5.95 Å². The fourth-order valence-corrected chi connectivity index (χ4v) is 2.10. The maximum atomic E-state index is 12.7. The molecular weight excluding hydrogens is 233 g/mol. The molecule has 0 bridgehead atoms. The van der Waals surface area contributed by atoms with Crippen molar-refractivity contribution in [1.29, 1.82) is 0 Å². The molecule has 1 amide bonds. The van der Waals surface area contributed by atoms with E-state index in [1.807, 2.05) is 0 Å². The van der Waals surface area contributed by atoms with Crippen molar-refractivity contribution in [2.45, 2.75) is 19.4 Å². The molecule has 1 aliphatic rings. The van der Waals surface area contributed by atoms with Crippen LogP contribution in [0.3, 0.4) is 0 Å². The number of nitrogens with zero attached hydrogens (tertiary/aromatic N) is 3. The molecule has 0 radical (unpaired) electrons. The van der Waals surface area contributed by atoms with Gasteiger partial charge in [-0.2, -0.15) is 4.39 Å². The molecule has 1 aliphatic heterocycles. The van der Waals surface area contributed by atoms with Crippen LogP contribution in [0.1, 0.15) is 24.2 Å². The zero-order chi connectivity index (χ0) is 13.3. The molecule has 5 heteroatoms. The van der Waals surface area contributed by atoms with Crippen LogP contribution in [0.5, 0.6) is 0 Å². The molecule has 0 aliphatic carbocycles. The first-order valence-corrected chi connectivity index (χ1v) is 6.02. The predicted molar refractivity (Wildman–Crippen MR) is 66.8 cm³/mol. The maximum absolute atomic E-state index is 12.7. The number of hydrogen-bond acceptors (Lipinski definition) is 3. The maximum Gasteiger partial charge on any atom is 0.255 e. The van der Waals surface area contributed by atoms with Crippen LogP contribution in [0.2, 0.25) is 0 Å². The van der Waals surface area contributed by atoms with E-state index < -0.39 is 5.95 Å². The number of piperazine rings is 1. The van der Waals surface area contributed by atoms with Crippen molar-refractivity contribution in [1.82, 2.24) is 14.8 Å². The zero-order valence-corrected chi connectivity index (χ0v) is 11.0. The predicted octanol–water partition coefficient (Wildman–Crippen LogP) is 1.39. The monoisotopic (exact) mass is 251 g/mol. The second-order valence-electron chi connectivity index (χ2n) is 5.33. The van der Waals surface area contributed by atoms with Crippen LogP contribution in [0.4, 0.5) is 4.39 Å². The number of aromatic nitrogens is 1. The Morgan fingerprint density at radius 2 is 2.11 bits per heavy atom. The Labute approximate surface area is 106 Å². The van der Waals surface area contributed by atoms with E-state index >= 15 is 0 Å². The van der Waals surface area contributed by atoms with Crippen molar-refractivity contribution < 1.29 is 9.18 Å². The summed E-state index contributed by atoms with van der Waals surface area (Å²) in [5.74, 6) is -0.645. The van der Waals surface area contributed by atoms with Gasteiger partial charge in [-0.15, -0.1) is 0 Å². The molecular formula is C13H18FN3O. The second-order valence-corrected chi connectivity index (χ2v) is 5.33. The Morgan fingerprint density at radius 3 is 2.67 bits per heavy atom. The van der Waals surface area contributed by atoms with Gasteiger partial charge in [0.15, 0.2) is 0 Å². The molecule has 2 rings (SSSR count). The van der Waals surface area contributed by atoms with Crippen LogP contribution in [0.15, 0.2) is 18.3 Å². The molecule has 18 heavy (non-hydrogen) atoms. The summed E-state index contributed by atoms with van der Waals surface area (Å²) in [6.07, 6.45) is 1.29. The van der Waals surface area contributed by atoms with Crippen LogP contribution >= 0.6 is 0 Å². The highest BCUT2D eigenvalue weighted by Gasteiger charge is 2.33. The summed E-state index contributed by atoms with van der Waals surface area (Å²) in [5.41, 5.74) is 0.401. The highest BCUT2D eigenvalue weighted by atomic mass is 19.1. The van der Waals surface area contributed by atoms with Crippen molar-refractivity contribution >= 4 is 5.91 Å². The van der Waals surface area contributed by atoms with Gasteiger partial charge in [-0.25, -0.2) is 4.98 Å². The molecule has 4 nitrogen and oxygen atoms in total.